The van der Waals surface area contributed by atoms with Crippen molar-refractivity contribution in [3.63, 3.8) is 0 Å². The van der Waals surface area contributed by atoms with E-state index in [2.05, 4.69) is 13.8 Å². The van der Waals surface area contributed by atoms with E-state index in [0.717, 1.165) is 30.6 Å². The number of thiophene rings is 1. The molecule has 1 N–H and O–H groups in total. The average molecular weight is 317 g/mol. The number of sulfonamides is 1. The minimum atomic E-state index is -3.70. The fourth-order valence-electron chi connectivity index (χ4n) is 2.72. The van der Waals surface area contributed by atoms with Gasteiger partial charge in [0.05, 0.1) is 0 Å². The topological polar surface area (TPSA) is 74.7 Å². The number of carbonyl (C=O) groups is 1. The third kappa shape index (κ3) is 2.49. The van der Waals surface area contributed by atoms with E-state index < -0.39 is 16.0 Å². The minimum Gasteiger partial charge on any atom is -0.477 e. The van der Waals surface area contributed by atoms with Crippen LogP contribution in [0.15, 0.2) is 16.3 Å². The molecule has 1 saturated heterocycles. The van der Waals surface area contributed by atoms with Gasteiger partial charge in [0, 0.05) is 13.1 Å². The predicted molar refractivity (Wildman–Crippen MR) is 77.7 cm³/mol. The van der Waals surface area contributed by atoms with Gasteiger partial charge in [0.1, 0.15) is 9.77 Å². The molecule has 0 saturated carbocycles. The van der Waals surface area contributed by atoms with Crippen LogP contribution in [0.2, 0.25) is 0 Å². The van der Waals surface area contributed by atoms with Crippen molar-refractivity contribution in [3.8, 4) is 0 Å². The molecule has 0 aliphatic carbocycles. The zero-order valence-electron chi connectivity index (χ0n) is 11.6. The van der Waals surface area contributed by atoms with Gasteiger partial charge in [-0.2, -0.15) is 4.31 Å². The normalized spacial score (nSPS) is 19.3. The second-order valence-corrected chi connectivity index (χ2v) is 8.04. The van der Waals surface area contributed by atoms with E-state index in [1.165, 1.54) is 15.8 Å². The number of nitrogens with zero attached hydrogens (tertiary/aromatic N) is 1. The first kappa shape index (κ1) is 15.5. The van der Waals surface area contributed by atoms with E-state index in [1.807, 2.05) is 0 Å². The summed E-state index contributed by atoms with van der Waals surface area (Å²) >= 11 is 0.949. The van der Waals surface area contributed by atoms with Crippen molar-refractivity contribution < 1.29 is 18.3 Å². The molecule has 0 amide bonds. The molecule has 0 unspecified atom stereocenters. The standard InChI is InChI=1S/C13H19NO4S2/c1-3-13(4-2)6-7-14(9-13)20(17,18)10-5-8-19-11(10)12(15)16/h5,8H,3-4,6-7,9H2,1-2H3,(H,15,16). The smallest absolute Gasteiger partial charge is 0.347 e. The number of hydrogen-bond donors (Lipinski definition) is 1. The van der Waals surface area contributed by atoms with Gasteiger partial charge in [0.25, 0.3) is 0 Å². The Bertz CT molecular complexity index is 602. The van der Waals surface area contributed by atoms with Crippen LogP contribution in [0.5, 0.6) is 0 Å². The van der Waals surface area contributed by atoms with Crippen LogP contribution in [0.1, 0.15) is 42.8 Å². The highest BCUT2D eigenvalue weighted by molar-refractivity contribution is 7.89. The highest BCUT2D eigenvalue weighted by atomic mass is 32.2. The van der Waals surface area contributed by atoms with Crippen molar-refractivity contribution in [1.29, 1.82) is 0 Å². The lowest BCUT2D eigenvalue weighted by Crippen LogP contribution is -2.32. The van der Waals surface area contributed by atoms with Gasteiger partial charge in [-0.05, 0) is 36.1 Å². The van der Waals surface area contributed by atoms with Crippen LogP contribution in [0.4, 0.5) is 0 Å². The van der Waals surface area contributed by atoms with Crippen molar-refractivity contribution in [3.05, 3.63) is 16.3 Å². The molecule has 1 aromatic heterocycles. The molecule has 1 fully saturated rings. The van der Waals surface area contributed by atoms with Crippen LogP contribution < -0.4 is 0 Å². The zero-order valence-corrected chi connectivity index (χ0v) is 13.3. The van der Waals surface area contributed by atoms with E-state index in [4.69, 9.17) is 5.11 Å². The summed E-state index contributed by atoms with van der Waals surface area (Å²) in [6, 6.07) is 1.39. The van der Waals surface area contributed by atoms with Crippen LogP contribution in [-0.4, -0.2) is 36.9 Å². The first-order chi connectivity index (χ1) is 9.36. The Hall–Kier alpha value is -0.920. The lowest BCUT2D eigenvalue weighted by atomic mass is 9.82. The number of carboxylic acid groups (broad SMARTS) is 1. The molecule has 0 atom stereocenters. The first-order valence-electron chi connectivity index (χ1n) is 6.67. The van der Waals surface area contributed by atoms with Gasteiger partial charge in [-0.25, -0.2) is 13.2 Å². The van der Waals surface area contributed by atoms with Gasteiger partial charge >= 0.3 is 5.97 Å². The summed E-state index contributed by atoms with van der Waals surface area (Å²) < 4.78 is 26.7. The monoisotopic (exact) mass is 317 g/mol. The van der Waals surface area contributed by atoms with Crippen LogP contribution in [0.25, 0.3) is 0 Å². The average Bonchev–Trinajstić information content (AvgIpc) is 3.06. The number of aromatic carboxylic acids is 1. The fourth-order valence-corrected chi connectivity index (χ4v) is 5.51. The van der Waals surface area contributed by atoms with Gasteiger partial charge in [0.2, 0.25) is 10.0 Å². The van der Waals surface area contributed by atoms with E-state index in [0.29, 0.717) is 13.1 Å². The minimum absolute atomic E-state index is 0.0342. The van der Waals surface area contributed by atoms with Crippen molar-refractivity contribution in [2.24, 2.45) is 5.41 Å². The Balaban J connectivity index is 2.33. The molecular formula is C13H19NO4S2. The van der Waals surface area contributed by atoms with Crippen LogP contribution in [-0.2, 0) is 10.0 Å². The summed E-state index contributed by atoms with van der Waals surface area (Å²) in [5.41, 5.74) is 0.0342. The molecule has 0 spiro atoms. The zero-order chi connectivity index (χ0) is 15.0. The molecule has 0 bridgehead atoms. The Morgan fingerprint density at radius 2 is 2.10 bits per heavy atom. The molecule has 0 radical (unpaired) electrons. The van der Waals surface area contributed by atoms with Gasteiger partial charge in [-0.1, -0.05) is 13.8 Å². The van der Waals surface area contributed by atoms with E-state index in [9.17, 15) is 13.2 Å². The van der Waals surface area contributed by atoms with E-state index in [-0.39, 0.29) is 15.2 Å². The Morgan fingerprint density at radius 1 is 1.45 bits per heavy atom. The van der Waals surface area contributed by atoms with Crippen LogP contribution in [0, 0.1) is 5.41 Å². The molecule has 1 aliphatic rings. The highest BCUT2D eigenvalue weighted by Crippen LogP contribution is 2.40. The maximum atomic E-state index is 12.6. The Kier molecular flexibility index (Phi) is 4.22. The van der Waals surface area contributed by atoms with Crippen molar-refractivity contribution in [1.82, 2.24) is 4.31 Å². The van der Waals surface area contributed by atoms with Crippen LogP contribution in [0.3, 0.4) is 0 Å². The fraction of sp³-hybridized carbons (Fsp3) is 0.615. The SMILES string of the molecule is CCC1(CC)CCN(S(=O)(=O)c2ccsc2C(=O)O)C1. The molecule has 20 heavy (non-hydrogen) atoms. The second kappa shape index (κ2) is 5.46. The molecule has 112 valence electrons. The lowest BCUT2D eigenvalue weighted by Gasteiger charge is -2.26. The molecular weight excluding hydrogens is 298 g/mol. The van der Waals surface area contributed by atoms with E-state index >= 15 is 0 Å². The first-order valence-corrected chi connectivity index (χ1v) is 8.99. The number of carboxylic acids is 1. The number of rotatable bonds is 5. The third-order valence-corrected chi connectivity index (χ3v) is 7.26. The molecule has 1 aromatic rings. The molecule has 2 rings (SSSR count). The third-order valence-electron chi connectivity index (χ3n) is 4.34. The summed E-state index contributed by atoms with van der Waals surface area (Å²) in [7, 11) is -3.70. The van der Waals surface area contributed by atoms with Gasteiger partial charge in [0.15, 0.2) is 0 Å². The van der Waals surface area contributed by atoms with Crippen LogP contribution >= 0.6 is 11.3 Å². The van der Waals surface area contributed by atoms with Gasteiger partial charge < -0.3 is 5.11 Å². The molecule has 0 aromatic carbocycles. The Morgan fingerprint density at radius 3 is 2.60 bits per heavy atom. The van der Waals surface area contributed by atoms with Crippen molar-refractivity contribution in [2.75, 3.05) is 13.1 Å². The second-order valence-electron chi connectivity index (χ2n) is 5.21. The highest BCUT2D eigenvalue weighted by Gasteiger charge is 2.41. The summed E-state index contributed by atoms with van der Waals surface area (Å²) in [4.78, 5) is 10.9. The Labute approximate surface area is 123 Å². The maximum Gasteiger partial charge on any atom is 0.347 e. The molecule has 1 aliphatic heterocycles. The maximum absolute atomic E-state index is 12.6. The van der Waals surface area contributed by atoms with E-state index in [1.54, 1.807) is 0 Å². The summed E-state index contributed by atoms with van der Waals surface area (Å²) in [5.74, 6) is -1.19. The number of hydrogen-bond acceptors (Lipinski definition) is 4. The lowest BCUT2D eigenvalue weighted by molar-refractivity contribution is 0.0698. The summed E-state index contributed by atoms with van der Waals surface area (Å²) in [6.45, 7) is 5.11. The molecule has 2 heterocycles. The van der Waals surface area contributed by atoms with Crippen molar-refractivity contribution >= 4 is 27.3 Å². The van der Waals surface area contributed by atoms with Crippen molar-refractivity contribution in [2.45, 2.75) is 38.0 Å². The summed E-state index contributed by atoms with van der Waals surface area (Å²) in [6.07, 6.45) is 2.71. The molecule has 7 heteroatoms. The largest absolute Gasteiger partial charge is 0.477 e. The predicted octanol–water partition coefficient (Wildman–Crippen LogP) is 2.65. The quantitative estimate of drug-likeness (QED) is 0.906. The van der Waals surface area contributed by atoms with Gasteiger partial charge in [-0.3, -0.25) is 0 Å². The molecule has 5 nitrogen and oxygen atoms in total. The van der Waals surface area contributed by atoms with Gasteiger partial charge in [-0.15, -0.1) is 11.3 Å². The summed E-state index contributed by atoms with van der Waals surface area (Å²) in [5, 5.41) is 10.6.